The van der Waals surface area contributed by atoms with Crippen LogP contribution in [0.1, 0.15) is 46.3 Å². The molecule has 0 bridgehead atoms. The number of hydrogen-bond acceptors (Lipinski definition) is 2. The van der Waals surface area contributed by atoms with Crippen molar-refractivity contribution in [2.75, 3.05) is 13.7 Å². The molecule has 0 radical (unpaired) electrons. The summed E-state index contributed by atoms with van der Waals surface area (Å²) in [7, 11) is 1.72. The van der Waals surface area contributed by atoms with Crippen molar-refractivity contribution in [1.82, 2.24) is 5.32 Å². The Balaban J connectivity index is 2.13. The summed E-state index contributed by atoms with van der Waals surface area (Å²) in [5.74, 6) is 0.0803. The van der Waals surface area contributed by atoms with Gasteiger partial charge in [-0.25, -0.2) is 0 Å². The molecule has 0 spiro atoms. The molecule has 3 nitrogen and oxygen atoms in total. The van der Waals surface area contributed by atoms with Gasteiger partial charge in [0.05, 0.1) is 0 Å². The van der Waals surface area contributed by atoms with Crippen LogP contribution in [0, 0.1) is 13.8 Å². The molecule has 1 N–H and O–H groups in total. The standard InChI is InChI=1S/C16H23NO2/c1-11-9-13(5-4-8-19-3)10-15(12(11)2)16(18)17-14-6-7-14/h9-10,14H,4-8H2,1-3H3,(H,17,18). The molecule has 1 amide bonds. The van der Waals surface area contributed by atoms with E-state index in [9.17, 15) is 4.79 Å². The number of amides is 1. The average Bonchev–Trinajstić information content (AvgIpc) is 3.17. The molecule has 0 heterocycles. The van der Waals surface area contributed by atoms with Crippen LogP contribution in [-0.4, -0.2) is 25.7 Å². The highest BCUT2D eigenvalue weighted by atomic mass is 16.5. The summed E-state index contributed by atoms with van der Waals surface area (Å²) in [6, 6.07) is 4.62. The number of rotatable bonds is 6. The van der Waals surface area contributed by atoms with Gasteiger partial charge in [-0.1, -0.05) is 6.07 Å². The summed E-state index contributed by atoms with van der Waals surface area (Å²) in [5, 5.41) is 3.07. The zero-order chi connectivity index (χ0) is 13.8. The zero-order valence-electron chi connectivity index (χ0n) is 12.1. The van der Waals surface area contributed by atoms with Gasteiger partial charge in [0.1, 0.15) is 0 Å². The highest BCUT2D eigenvalue weighted by Gasteiger charge is 2.24. The molecule has 19 heavy (non-hydrogen) atoms. The van der Waals surface area contributed by atoms with Gasteiger partial charge in [-0.15, -0.1) is 0 Å². The highest BCUT2D eigenvalue weighted by molar-refractivity contribution is 5.96. The van der Waals surface area contributed by atoms with Crippen molar-refractivity contribution in [1.29, 1.82) is 0 Å². The van der Waals surface area contributed by atoms with E-state index in [1.807, 2.05) is 13.0 Å². The minimum Gasteiger partial charge on any atom is -0.385 e. The second-order valence-corrected chi connectivity index (χ2v) is 5.43. The second-order valence-electron chi connectivity index (χ2n) is 5.43. The van der Waals surface area contributed by atoms with Crippen LogP contribution >= 0.6 is 0 Å². The zero-order valence-corrected chi connectivity index (χ0v) is 12.1. The maximum Gasteiger partial charge on any atom is 0.251 e. The van der Waals surface area contributed by atoms with Crippen molar-refractivity contribution in [3.8, 4) is 0 Å². The lowest BCUT2D eigenvalue weighted by Crippen LogP contribution is -2.26. The van der Waals surface area contributed by atoms with Crippen molar-refractivity contribution in [2.45, 2.75) is 45.6 Å². The van der Waals surface area contributed by atoms with E-state index in [2.05, 4.69) is 18.3 Å². The summed E-state index contributed by atoms with van der Waals surface area (Å²) in [5.41, 5.74) is 4.34. The molecule has 2 rings (SSSR count). The number of carbonyl (C=O) groups excluding carboxylic acids is 1. The Labute approximate surface area is 115 Å². The van der Waals surface area contributed by atoms with Crippen molar-refractivity contribution in [2.24, 2.45) is 0 Å². The van der Waals surface area contributed by atoms with E-state index in [0.29, 0.717) is 6.04 Å². The molecule has 3 heteroatoms. The normalized spacial score (nSPS) is 14.5. The Hall–Kier alpha value is -1.35. The van der Waals surface area contributed by atoms with E-state index in [1.165, 1.54) is 11.1 Å². The lowest BCUT2D eigenvalue weighted by atomic mass is 9.97. The third-order valence-electron chi connectivity index (χ3n) is 3.70. The molecular weight excluding hydrogens is 238 g/mol. The van der Waals surface area contributed by atoms with Crippen LogP contribution in [0.5, 0.6) is 0 Å². The van der Waals surface area contributed by atoms with Crippen molar-refractivity contribution >= 4 is 5.91 Å². The topological polar surface area (TPSA) is 38.3 Å². The summed E-state index contributed by atoms with van der Waals surface area (Å²) >= 11 is 0. The fourth-order valence-corrected chi connectivity index (χ4v) is 2.23. The number of benzene rings is 1. The molecule has 1 aliphatic rings. The summed E-state index contributed by atoms with van der Waals surface area (Å²) in [6.45, 7) is 4.86. The first kappa shape index (κ1) is 14.1. The van der Waals surface area contributed by atoms with Crippen LogP contribution in [0.15, 0.2) is 12.1 Å². The predicted molar refractivity (Wildman–Crippen MR) is 76.6 cm³/mol. The SMILES string of the molecule is COCCCc1cc(C)c(C)c(C(=O)NC2CC2)c1. The molecule has 0 atom stereocenters. The predicted octanol–water partition coefficient (Wildman–Crippen LogP) is 2.77. The van der Waals surface area contributed by atoms with E-state index >= 15 is 0 Å². The molecule has 0 unspecified atom stereocenters. The van der Waals surface area contributed by atoms with Crippen LogP contribution in [0.4, 0.5) is 0 Å². The smallest absolute Gasteiger partial charge is 0.251 e. The minimum absolute atomic E-state index is 0.0803. The maximum atomic E-state index is 12.2. The van der Waals surface area contributed by atoms with Gasteiger partial charge in [-0.2, -0.15) is 0 Å². The van der Waals surface area contributed by atoms with E-state index in [4.69, 9.17) is 4.74 Å². The number of nitrogens with one attached hydrogen (secondary N) is 1. The lowest BCUT2D eigenvalue weighted by Gasteiger charge is -2.12. The van der Waals surface area contributed by atoms with Gasteiger partial charge < -0.3 is 10.1 Å². The van der Waals surface area contributed by atoms with Crippen molar-refractivity contribution in [3.63, 3.8) is 0 Å². The quantitative estimate of drug-likeness (QED) is 0.800. The third-order valence-corrected chi connectivity index (χ3v) is 3.70. The largest absolute Gasteiger partial charge is 0.385 e. The van der Waals surface area contributed by atoms with Crippen LogP contribution in [0.25, 0.3) is 0 Å². The number of ether oxygens (including phenoxy) is 1. The monoisotopic (exact) mass is 261 g/mol. The van der Waals surface area contributed by atoms with Crippen LogP contribution in [-0.2, 0) is 11.2 Å². The van der Waals surface area contributed by atoms with E-state index in [0.717, 1.165) is 43.4 Å². The average molecular weight is 261 g/mol. The number of hydrogen-bond donors (Lipinski definition) is 1. The molecule has 1 fully saturated rings. The fraction of sp³-hybridized carbons (Fsp3) is 0.562. The van der Waals surface area contributed by atoms with Crippen molar-refractivity contribution < 1.29 is 9.53 Å². The van der Waals surface area contributed by atoms with Gasteiger partial charge in [0.2, 0.25) is 0 Å². The third kappa shape index (κ3) is 3.80. The van der Waals surface area contributed by atoms with Crippen LogP contribution in [0.2, 0.25) is 0 Å². The Kier molecular flexibility index (Phi) is 4.59. The molecule has 1 aromatic rings. The molecule has 1 aliphatic carbocycles. The lowest BCUT2D eigenvalue weighted by molar-refractivity contribution is 0.0950. The molecule has 1 aromatic carbocycles. The first-order valence-corrected chi connectivity index (χ1v) is 7.01. The molecule has 1 saturated carbocycles. The maximum absolute atomic E-state index is 12.2. The van der Waals surface area contributed by atoms with Crippen LogP contribution < -0.4 is 5.32 Å². The van der Waals surface area contributed by atoms with Gasteiger partial charge in [0.15, 0.2) is 0 Å². The fourth-order valence-electron chi connectivity index (χ4n) is 2.23. The Morgan fingerprint density at radius 2 is 2.11 bits per heavy atom. The van der Waals surface area contributed by atoms with Gasteiger partial charge in [-0.3, -0.25) is 4.79 Å². The molecule has 0 aliphatic heterocycles. The van der Waals surface area contributed by atoms with E-state index in [1.54, 1.807) is 7.11 Å². The summed E-state index contributed by atoms with van der Waals surface area (Å²) in [6.07, 6.45) is 4.19. The van der Waals surface area contributed by atoms with Gasteiger partial charge in [0.25, 0.3) is 5.91 Å². The summed E-state index contributed by atoms with van der Waals surface area (Å²) < 4.78 is 5.08. The van der Waals surface area contributed by atoms with Gasteiger partial charge in [-0.05, 0) is 62.3 Å². The van der Waals surface area contributed by atoms with E-state index < -0.39 is 0 Å². The number of aryl methyl sites for hydroxylation is 2. The minimum atomic E-state index is 0.0803. The van der Waals surface area contributed by atoms with Gasteiger partial charge >= 0.3 is 0 Å². The first-order chi connectivity index (χ1) is 9.11. The molecule has 0 saturated heterocycles. The van der Waals surface area contributed by atoms with Crippen molar-refractivity contribution in [3.05, 3.63) is 34.4 Å². The molecule has 104 valence electrons. The molecule has 0 aromatic heterocycles. The number of methoxy groups -OCH3 is 1. The molecular formula is C16H23NO2. The number of carbonyl (C=O) groups is 1. The Bertz CT molecular complexity index is 464. The Morgan fingerprint density at radius 1 is 1.37 bits per heavy atom. The summed E-state index contributed by atoms with van der Waals surface area (Å²) in [4.78, 5) is 12.2. The van der Waals surface area contributed by atoms with Crippen LogP contribution in [0.3, 0.4) is 0 Å². The first-order valence-electron chi connectivity index (χ1n) is 7.01. The Morgan fingerprint density at radius 3 is 2.74 bits per heavy atom. The second kappa shape index (κ2) is 6.20. The van der Waals surface area contributed by atoms with E-state index in [-0.39, 0.29) is 5.91 Å². The van der Waals surface area contributed by atoms with Gasteiger partial charge in [0, 0.05) is 25.3 Å². The highest BCUT2D eigenvalue weighted by Crippen LogP contribution is 2.22.